The number of hydrogen-bond acceptors (Lipinski definition) is 4. The molecule has 0 aliphatic rings. The van der Waals surface area contributed by atoms with E-state index in [4.69, 9.17) is 10.00 Å². The Kier molecular flexibility index (Phi) is 11.2. The molecule has 0 saturated carbocycles. The summed E-state index contributed by atoms with van der Waals surface area (Å²) in [6.07, 6.45) is 11.7. The molecular formula is C16H26N2O2. The lowest BCUT2D eigenvalue weighted by Gasteiger charge is -2.04. The fourth-order valence-corrected chi connectivity index (χ4v) is 1.59. The summed E-state index contributed by atoms with van der Waals surface area (Å²) in [5, 5.41) is 8.89. The molecule has 0 bridgehead atoms. The van der Waals surface area contributed by atoms with Crippen LogP contribution in [-0.4, -0.2) is 31.6 Å². The van der Waals surface area contributed by atoms with Crippen LogP contribution in [0.15, 0.2) is 23.9 Å². The summed E-state index contributed by atoms with van der Waals surface area (Å²) >= 11 is 0. The second-order valence-corrected chi connectivity index (χ2v) is 4.90. The Hall–Kier alpha value is -1.76. The van der Waals surface area contributed by atoms with E-state index in [0.29, 0.717) is 6.61 Å². The normalized spacial score (nSPS) is 11.4. The van der Waals surface area contributed by atoms with Crippen molar-refractivity contribution in [2.45, 2.75) is 45.4 Å². The Bertz CT molecular complexity index is 365. The van der Waals surface area contributed by atoms with Gasteiger partial charge in [0.05, 0.1) is 6.61 Å². The average Bonchev–Trinajstić information content (AvgIpc) is 2.42. The van der Waals surface area contributed by atoms with E-state index >= 15 is 0 Å². The SMILES string of the molecule is CCCCCCCCOC(=O)/C(C#N)=C/C=C/N(C)C. The Labute approximate surface area is 122 Å². The molecule has 112 valence electrons. The van der Waals surface area contributed by atoms with Crippen molar-refractivity contribution in [3.05, 3.63) is 23.9 Å². The van der Waals surface area contributed by atoms with Crippen molar-refractivity contribution in [1.29, 1.82) is 5.26 Å². The first-order chi connectivity index (χ1) is 9.61. The fraction of sp³-hybridized carbons (Fsp3) is 0.625. The van der Waals surface area contributed by atoms with E-state index in [1.165, 1.54) is 31.8 Å². The van der Waals surface area contributed by atoms with Gasteiger partial charge in [-0.3, -0.25) is 0 Å². The predicted octanol–water partition coefficient (Wildman–Crippen LogP) is 3.42. The molecule has 0 aromatic heterocycles. The molecule has 0 amide bonds. The quantitative estimate of drug-likeness (QED) is 0.202. The highest BCUT2D eigenvalue weighted by Crippen LogP contribution is 2.06. The molecule has 0 fully saturated rings. The number of nitriles is 1. The minimum atomic E-state index is -0.538. The summed E-state index contributed by atoms with van der Waals surface area (Å²) < 4.78 is 5.08. The molecular weight excluding hydrogens is 252 g/mol. The lowest BCUT2D eigenvalue weighted by Crippen LogP contribution is -2.08. The number of carbonyl (C=O) groups is 1. The Morgan fingerprint density at radius 2 is 1.85 bits per heavy atom. The van der Waals surface area contributed by atoms with Gasteiger partial charge >= 0.3 is 5.97 Å². The Morgan fingerprint density at radius 1 is 1.20 bits per heavy atom. The lowest BCUT2D eigenvalue weighted by atomic mass is 10.1. The van der Waals surface area contributed by atoms with Crippen molar-refractivity contribution < 1.29 is 9.53 Å². The third-order valence-corrected chi connectivity index (χ3v) is 2.72. The summed E-state index contributed by atoms with van der Waals surface area (Å²) in [7, 11) is 3.74. The molecule has 0 N–H and O–H groups in total. The highest BCUT2D eigenvalue weighted by molar-refractivity contribution is 5.93. The smallest absolute Gasteiger partial charge is 0.348 e. The van der Waals surface area contributed by atoms with Crippen LogP contribution in [0.3, 0.4) is 0 Å². The van der Waals surface area contributed by atoms with Crippen molar-refractivity contribution in [3.63, 3.8) is 0 Å². The van der Waals surface area contributed by atoms with E-state index in [9.17, 15) is 4.79 Å². The molecule has 0 aliphatic heterocycles. The van der Waals surface area contributed by atoms with Crippen LogP contribution in [0.25, 0.3) is 0 Å². The maximum absolute atomic E-state index is 11.6. The molecule has 0 unspecified atom stereocenters. The number of nitrogens with zero attached hydrogens (tertiary/aromatic N) is 2. The number of rotatable bonds is 10. The molecule has 0 radical (unpaired) electrons. The molecule has 0 aromatic rings. The molecule has 0 spiro atoms. The van der Waals surface area contributed by atoms with Gasteiger partial charge in [-0.1, -0.05) is 39.0 Å². The summed E-state index contributed by atoms with van der Waals surface area (Å²) in [6.45, 7) is 2.57. The van der Waals surface area contributed by atoms with E-state index < -0.39 is 5.97 Å². The molecule has 0 aliphatic carbocycles. The van der Waals surface area contributed by atoms with Crippen LogP contribution >= 0.6 is 0 Å². The highest BCUT2D eigenvalue weighted by Gasteiger charge is 2.08. The lowest BCUT2D eigenvalue weighted by molar-refractivity contribution is -0.138. The van der Waals surface area contributed by atoms with Gasteiger partial charge in [0, 0.05) is 14.1 Å². The van der Waals surface area contributed by atoms with E-state index in [1.807, 2.05) is 25.1 Å². The first-order valence-corrected chi connectivity index (χ1v) is 7.24. The third-order valence-electron chi connectivity index (χ3n) is 2.72. The van der Waals surface area contributed by atoms with Crippen LogP contribution in [0.4, 0.5) is 0 Å². The first kappa shape index (κ1) is 18.2. The van der Waals surface area contributed by atoms with Crippen molar-refractivity contribution in [1.82, 2.24) is 4.90 Å². The number of unbranched alkanes of at least 4 members (excludes halogenated alkanes) is 5. The Morgan fingerprint density at radius 3 is 2.45 bits per heavy atom. The maximum atomic E-state index is 11.6. The van der Waals surface area contributed by atoms with E-state index in [1.54, 1.807) is 12.3 Å². The van der Waals surface area contributed by atoms with Gasteiger partial charge in [-0.2, -0.15) is 5.26 Å². The van der Waals surface area contributed by atoms with Crippen molar-refractivity contribution in [2.24, 2.45) is 0 Å². The van der Waals surface area contributed by atoms with Crippen molar-refractivity contribution >= 4 is 5.97 Å². The maximum Gasteiger partial charge on any atom is 0.348 e. The average molecular weight is 278 g/mol. The van der Waals surface area contributed by atoms with Crippen LogP contribution in [0.2, 0.25) is 0 Å². The van der Waals surface area contributed by atoms with Gasteiger partial charge in [-0.25, -0.2) is 4.79 Å². The molecule has 0 aromatic carbocycles. The monoisotopic (exact) mass is 278 g/mol. The summed E-state index contributed by atoms with van der Waals surface area (Å²) in [4.78, 5) is 13.5. The zero-order valence-corrected chi connectivity index (χ0v) is 12.9. The van der Waals surface area contributed by atoms with Crippen molar-refractivity contribution in [2.75, 3.05) is 20.7 Å². The number of esters is 1. The summed E-state index contributed by atoms with van der Waals surface area (Å²) in [6, 6.07) is 1.86. The number of ether oxygens (including phenoxy) is 1. The number of allylic oxidation sites excluding steroid dienone is 2. The second-order valence-electron chi connectivity index (χ2n) is 4.90. The van der Waals surface area contributed by atoms with Gasteiger partial charge in [-0.15, -0.1) is 0 Å². The van der Waals surface area contributed by atoms with Gasteiger partial charge in [0.2, 0.25) is 0 Å². The molecule has 0 rings (SSSR count). The molecule has 4 heteroatoms. The van der Waals surface area contributed by atoms with E-state index in [-0.39, 0.29) is 5.57 Å². The molecule has 0 heterocycles. The van der Waals surface area contributed by atoms with Gasteiger partial charge in [0.25, 0.3) is 0 Å². The highest BCUT2D eigenvalue weighted by atomic mass is 16.5. The second kappa shape index (κ2) is 12.3. The zero-order chi connectivity index (χ0) is 15.2. The minimum Gasteiger partial charge on any atom is -0.462 e. The summed E-state index contributed by atoms with van der Waals surface area (Å²) in [5.41, 5.74) is 0.0362. The molecule has 20 heavy (non-hydrogen) atoms. The minimum absolute atomic E-state index is 0.0362. The van der Waals surface area contributed by atoms with E-state index in [0.717, 1.165) is 12.8 Å². The molecule has 0 saturated heterocycles. The Balaban J connectivity index is 3.91. The third kappa shape index (κ3) is 10.2. The largest absolute Gasteiger partial charge is 0.462 e. The standard InChI is InChI=1S/C16H26N2O2/c1-4-5-6-7-8-9-13-20-16(19)15(14-17)11-10-12-18(2)3/h10-12H,4-9,13H2,1-3H3/b12-10+,15-11+. The van der Waals surface area contributed by atoms with Gasteiger partial charge in [0.1, 0.15) is 11.6 Å². The van der Waals surface area contributed by atoms with Crippen LogP contribution < -0.4 is 0 Å². The van der Waals surface area contributed by atoms with Gasteiger partial charge in [-0.05, 0) is 24.8 Å². The van der Waals surface area contributed by atoms with Crippen LogP contribution in [0.5, 0.6) is 0 Å². The van der Waals surface area contributed by atoms with E-state index in [2.05, 4.69) is 6.92 Å². The zero-order valence-electron chi connectivity index (χ0n) is 12.9. The predicted molar refractivity (Wildman–Crippen MR) is 80.9 cm³/mol. The topological polar surface area (TPSA) is 53.3 Å². The van der Waals surface area contributed by atoms with Crippen molar-refractivity contribution in [3.8, 4) is 6.07 Å². The van der Waals surface area contributed by atoms with Crippen LogP contribution in [0, 0.1) is 11.3 Å². The van der Waals surface area contributed by atoms with Crippen LogP contribution in [-0.2, 0) is 9.53 Å². The van der Waals surface area contributed by atoms with Crippen LogP contribution in [0.1, 0.15) is 45.4 Å². The summed E-state index contributed by atoms with van der Waals surface area (Å²) in [5.74, 6) is -0.538. The number of hydrogen-bond donors (Lipinski definition) is 0. The van der Waals surface area contributed by atoms with Gasteiger partial charge in [0.15, 0.2) is 0 Å². The molecule has 0 atom stereocenters. The van der Waals surface area contributed by atoms with Gasteiger partial charge < -0.3 is 9.64 Å². The molecule has 4 nitrogen and oxygen atoms in total. The number of carbonyl (C=O) groups excluding carboxylic acids is 1. The fourth-order valence-electron chi connectivity index (χ4n) is 1.59. The first-order valence-electron chi connectivity index (χ1n) is 7.24.